The van der Waals surface area contributed by atoms with Crippen molar-refractivity contribution in [3.8, 4) is 0 Å². The second kappa shape index (κ2) is 6.57. The van der Waals surface area contributed by atoms with Gasteiger partial charge < -0.3 is 9.80 Å². The van der Waals surface area contributed by atoms with E-state index in [-0.39, 0.29) is 17.9 Å². The second-order valence-corrected chi connectivity index (χ2v) is 6.23. The quantitative estimate of drug-likeness (QED) is 0.752. The number of rotatable bonds is 2. The minimum absolute atomic E-state index is 0.0219. The molecule has 0 radical (unpaired) electrons. The number of nitrogens with zero attached hydrogens (tertiary/aromatic N) is 3. The first-order chi connectivity index (χ1) is 9.49. The lowest BCUT2D eigenvalue weighted by Gasteiger charge is -2.39. The number of hydrogen-bond acceptors (Lipinski definition) is 3. The summed E-state index contributed by atoms with van der Waals surface area (Å²) in [7, 11) is 0. The summed E-state index contributed by atoms with van der Waals surface area (Å²) in [6.07, 6.45) is 2.38. The number of likely N-dealkylation sites (tertiary alicyclic amines) is 1. The van der Waals surface area contributed by atoms with E-state index in [1.54, 1.807) is 6.92 Å². The molecule has 2 saturated heterocycles. The van der Waals surface area contributed by atoms with Gasteiger partial charge in [-0.15, -0.1) is 0 Å². The van der Waals surface area contributed by atoms with Crippen molar-refractivity contribution in [2.24, 2.45) is 5.92 Å². The van der Waals surface area contributed by atoms with E-state index in [0.29, 0.717) is 26.2 Å². The van der Waals surface area contributed by atoms with Gasteiger partial charge >= 0.3 is 0 Å². The molecule has 1 unspecified atom stereocenters. The predicted molar refractivity (Wildman–Crippen MR) is 78.3 cm³/mol. The lowest BCUT2D eigenvalue weighted by Crippen LogP contribution is -2.55. The molecule has 0 aromatic rings. The van der Waals surface area contributed by atoms with Crippen molar-refractivity contribution < 1.29 is 9.59 Å². The molecular formula is C15H27N3O2. The van der Waals surface area contributed by atoms with Gasteiger partial charge in [-0.05, 0) is 38.8 Å². The third kappa shape index (κ3) is 3.51. The molecule has 0 saturated carbocycles. The highest BCUT2D eigenvalue weighted by Crippen LogP contribution is 2.19. The van der Waals surface area contributed by atoms with Crippen LogP contribution in [0.2, 0.25) is 0 Å². The van der Waals surface area contributed by atoms with Crippen LogP contribution in [0.3, 0.4) is 0 Å². The van der Waals surface area contributed by atoms with E-state index in [9.17, 15) is 9.59 Å². The standard InChI is InChI=1S/C15H27N3O2/c1-12-4-6-16(7-5-12)13(2)15(20)18-10-8-17(9-11-18)14(3)19/h12-13H,4-11H2,1-3H3. The van der Waals surface area contributed by atoms with Crippen LogP contribution in [0.1, 0.15) is 33.6 Å². The van der Waals surface area contributed by atoms with Crippen LogP contribution in [0.5, 0.6) is 0 Å². The third-order valence-electron chi connectivity index (χ3n) is 4.76. The minimum Gasteiger partial charge on any atom is -0.339 e. The van der Waals surface area contributed by atoms with E-state index >= 15 is 0 Å². The molecular weight excluding hydrogens is 254 g/mol. The number of amides is 2. The van der Waals surface area contributed by atoms with E-state index in [1.807, 2.05) is 16.7 Å². The summed E-state index contributed by atoms with van der Waals surface area (Å²) in [6.45, 7) is 10.6. The van der Waals surface area contributed by atoms with Gasteiger partial charge in [0.25, 0.3) is 0 Å². The average molecular weight is 281 g/mol. The molecule has 0 aliphatic carbocycles. The van der Waals surface area contributed by atoms with Crippen molar-refractivity contribution in [3.63, 3.8) is 0 Å². The van der Waals surface area contributed by atoms with Crippen LogP contribution in [0, 0.1) is 5.92 Å². The van der Waals surface area contributed by atoms with Crippen LogP contribution in [-0.4, -0.2) is 71.8 Å². The van der Waals surface area contributed by atoms with Gasteiger partial charge in [-0.2, -0.15) is 0 Å². The van der Waals surface area contributed by atoms with E-state index in [1.165, 1.54) is 12.8 Å². The average Bonchev–Trinajstić information content (AvgIpc) is 2.46. The van der Waals surface area contributed by atoms with E-state index in [2.05, 4.69) is 11.8 Å². The number of carbonyl (C=O) groups excluding carboxylic acids is 2. The molecule has 5 heteroatoms. The van der Waals surface area contributed by atoms with Gasteiger partial charge in [0.2, 0.25) is 11.8 Å². The highest BCUT2D eigenvalue weighted by Gasteiger charge is 2.30. The van der Waals surface area contributed by atoms with Gasteiger partial charge in [-0.3, -0.25) is 14.5 Å². The minimum atomic E-state index is -0.0219. The smallest absolute Gasteiger partial charge is 0.239 e. The Bertz CT molecular complexity index is 356. The highest BCUT2D eigenvalue weighted by atomic mass is 16.2. The van der Waals surface area contributed by atoms with Gasteiger partial charge in [-0.1, -0.05) is 6.92 Å². The number of piperazine rings is 1. The Hall–Kier alpha value is -1.10. The van der Waals surface area contributed by atoms with Crippen LogP contribution in [0.15, 0.2) is 0 Å². The molecule has 114 valence electrons. The Balaban J connectivity index is 1.84. The zero-order valence-corrected chi connectivity index (χ0v) is 13.0. The highest BCUT2D eigenvalue weighted by molar-refractivity contribution is 5.82. The molecule has 2 heterocycles. The van der Waals surface area contributed by atoms with Crippen molar-refractivity contribution in [2.45, 2.75) is 39.7 Å². The molecule has 1 atom stereocenters. The molecule has 0 bridgehead atoms. The molecule has 20 heavy (non-hydrogen) atoms. The lowest BCUT2D eigenvalue weighted by atomic mass is 9.98. The summed E-state index contributed by atoms with van der Waals surface area (Å²) in [6, 6.07) is -0.0219. The fourth-order valence-corrected chi connectivity index (χ4v) is 3.08. The van der Waals surface area contributed by atoms with Gasteiger partial charge in [0, 0.05) is 33.1 Å². The predicted octanol–water partition coefficient (Wildman–Crippen LogP) is 0.798. The zero-order chi connectivity index (χ0) is 14.7. The maximum atomic E-state index is 12.5. The maximum absolute atomic E-state index is 12.5. The van der Waals surface area contributed by atoms with Gasteiger partial charge in [0.05, 0.1) is 6.04 Å². The van der Waals surface area contributed by atoms with Crippen molar-refractivity contribution in [2.75, 3.05) is 39.3 Å². The summed E-state index contributed by atoms with van der Waals surface area (Å²) in [5, 5.41) is 0. The second-order valence-electron chi connectivity index (χ2n) is 6.23. The SMILES string of the molecule is CC(=O)N1CCN(C(=O)C(C)N2CCC(C)CC2)CC1. The van der Waals surface area contributed by atoms with Crippen molar-refractivity contribution in [1.29, 1.82) is 0 Å². The molecule has 0 N–H and O–H groups in total. The summed E-state index contributed by atoms with van der Waals surface area (Å²) in [5.74, 6) is 1.12. The summed E-state index contributed by atoms with van der Waals surface area (Å²) in [4.78, 5) is 29.9. The Morgan fingerprint density at radius 1 is 0.950 bits per heavy atom. The Labute approximate surface area is 121 Å². The third-order valence-corrected chi connectivity index (χ3v) is 4.76. The first-order valence-corrected chi connectivity index (χ1v) is 7.77. The van der Waals surface area contributed by atoms with Crippen LogP contribution in [-0.2, 0) is 9.59 Å². The first-order valence-electron chi connectivity index (χ1n) is 7.77. The normalized spacial score (nSPS) is 23.8. The largest absolute Gasteiger partial charge is 0.339 e. The fraction of sp³-hybridized carbons (Fsp3) is 0.867. The molecule has 2 amide bonds. The molecule has 2 aliphatic rings. The van der Waals surface area contributed by atoms with Crippen molar-refractivity contribution >= 4 is 11.8 Å². The molecule has 0 spiro atoms. The van der Waals surface area contributed by atoms with Crippen LogP contribution in [0.25, 0.3) is 0 Å². The number of piperidine rings is 1. The van der Waals surface area contributed by atoms with Crippen LogP contribution >= 0.6 is 0 Å². The van der Waals surface area contributed by atoms with E-state index in [0.717, 1.165) is 19.0 Å². The molecule has 0 aromatic carbocycles. The molecule has 0 aromatic heterocycles. The van der Waals surface area contributed by atoms with E-state index < -0.39 is 0 Å². The van der Waals surface area contributed by atoms with E-state index in [4.69, 9.17) is 0 Å². The summed E-state index contributed by atoms with van der Waals surface area (Å²) in [5.41, 5.74) is 0. The Morgan fingerprint density at radius 2 is 1.45 bits per heavy atom. The van der Waals surface area contributed by atoms with Crippen molar-refractivity contribution in [1.82, 2.24) is 14.7 Å². The number of carbonyl (C=O) groups is 2. The zero-order valence-electron chi connectivity index (χ0n) is 13.0. The monoisotopic (exact) mass is 281 g/mol. The lowest BCUT2D eigenvalue weighted by molar-refractivity contribution is -0.142. The Morgan fingerprint density at radius 3 is 1.95 bits per heavy atom. The van der Waals surface area contributed by atoms with Gasteiger partial charge in [-0.25, -0.2) is 0 Å². The molecule has 2 rings (SSSR count). The summed E-state index contributed by atoms with van der Waals surface area (Å²) < 4.78 is 0. The molecule has 2 aliphatic heterocycles. The molecule has 2 fully saturated rings. The molecule has 5 nitrogen and oxygen atoms in total. The van der Waals surface area contributed by atoms with Gasteiger partial charge in [0.15, 0.2) is 0 Å². The van der Waals surface area contributed by atoms with Gasteiger partial charge in [0.1, 0.15) is 0 Å². The first kappa shape index (κ1) is 15.3. The summed E-state index contributed by atoms with van der Waals surface area (Å²) >= 11 is 0. The van der Waals surface area contributed by atoms with Crippen molar-refractivity contribution in [3.05, 3.63) is 0 Å². The topological polar surface area (TPSA) is 43.9 Å². The maximum Gasteiger partial charge on any atom is 0.239 e. The Kier molecular flexibility index (Phi) is 5.02. The fourth-order valence-electron chi connectivity index (χ4n) is 3.08. The van der Waals surface area contributed by atoms with Crippen LogP contribution in [0.4, 0.5) is 0 Å². The number of hydrogen-bond donors (Lipinski definition) is 0. The van der Waals surface area contributed by atoms with Crippen LogP contribution < -0.4 is 0 Å².